The molecule has 1 amide bonds. The van der Waals surface area contributed by atoms with E-state index in [-0.39, 0.29) is 22.3 Å². The molecular formula is C20H22ClN3O3. The summed E-state index contributed by atoms with van der Waals surface area (Å²) in [5, 5.41) is 14.3. The van der Waals surface area contributed by atoms with Crippen molar-refractivity contribution in [1.29, 1.82) is 0 Å². The van der Waals surface area contributed by atoms with Crippen LogP contribution in [0.4, 0.5) is 5.69 Å². The molecule has 2 aromatic rings. The van der Waals surface area contributed by atoms with Gasteiger partial charge in [0.15, 0.2) is 0 Å². The fourth-order valence-electron chi connectivity index (χ4n) is 3.37. The fourth-order valence-corrected chi connectivity index (χ4v) is 3.54. The van der Waals surface area contributed by atoms with Crippen molar-refractivity contribution in [1.82, 2.24) is 10.2 Å². The van der Waals surface area contributed by atoms with E-state index in [9.17, 15) is 14.9 Å². The van der Waals surface area contributed by atoms with Gasteiger partial charge in [-0.15, -0.1) is 0 Å². The van der Waals surface area contributed by atoms with Gasteiger partial charge in [-0.3, -0.25) is 19.8 Å². The zero-order valence-electron chi connectivity index (χ0n) is 15.2. The molecule has 0 aliphatic carbocycles. The molecule has 1 fully saturated rings. The number of nitrogens with zero attached hydrogens (tertiary/aromatic N) is 2. The summed E-state index contributed by atoms with van der Waals surface area (Å²) in [6.07, 6.45) is 1.64. The zero-order chi connectivity index (χ0) is 19.4. The van der Waals surface area contributed by atoms with E-state index in [1.165, 1.54) is 29.3 Å². The van der Waals surface area contributed by atoms with Crippen LogP contribution in [0.25, 0.3) is 0 Å². The third-order valence-electron chi connectivity index (χ3n) is 4.98. The van der Waals surface area contributed by atoms with Crippen LogP contribution in [0.15, 0.2) is 42.5 Å². The van der Waals surface area contributed by atoms with Gasteiger partial charge in [0.1, 0.15) is 5.56 Å². The van der Waals surface area contributed by atoms with Crippen molar-refractivity contribution in [2.24, 2.45) is 0 Å². The maximum atomic E-state index is 12.5. The summed E-state index contributed by atoms with van der Waals surface area (Å²) < 4.78 is 0. The van der Waals surface area contributed by atoms with E-state index >= 15 is 0 Å². The van der Waals surface area contributed by atoms with Crippen LogP contribution in [0, 0.1) is 17.0 Å². The first kappa shape index (κ1) is 19.3. The average molecular weight is 388 g/mol. The maximum Gasteiger partial charge on any atom is 0.283 e. The van der Waals surface area contributed by atoms with Crippen molar-refractivity contribution < 1.29 is 9.72 Å². The van der Waals surface area contributed by atoms with Crippen molar-refractivity contribution in [3.05, 3.63) is 74.3 Å². The number of likely N-dealkylation sites (tertiary alicyclic amines) is 1. The first-order valence-electron chi connectivity index (χ1n) is 8.95. The highest BCUT2D eigenvalue weighted by Gasteiger charge is 2.25. The number of amides is 1. The average Bonchev–Trinajstić information content (AvgIpc) is 2.65. The van der Waals surface area contributed by atoms with Gasteiger partial charge in [-0.1, -0.05) is 35.9 Å². The monoisotopic (exact) mass is 387 g/mol. The van der Waals surface area contributed by atoms with Gasteiger partial charge in [0.05, 0.1) is 4.92 Å². The highest BCUT2D eigenvalue weighted by molar-refractivity contribution is 6.31. The minimum Gasteiger partial charge on any atom is -0.349 e. The van der Waals surface area contributed by atoms with Gasteiger partial charge >= 0.3 is 0 Å². The Labute approximate surface area is 163 Å². The third-order valence-corrected chi connectivity index (χ3v) is 5.21. The van der Waals surface area contributed by atoms with Crippen LogP contribution < -0.4 is 5.32 Å². The van der Waals surface area contributed by atoms with Crippen LogP contribution in [0.5, 0.6) is 0 Å². The van der Waals surface area contributed by atoms with Crippen molar-refractivity contribution >= 4 is 23.2 Å². The quantitative estimate of drug-likeness (QED) is 0.622. The summed E-state index contributed by atoms with van der Waals surface area (Å²) in [5.41, 5.74) is 2.38. The van der Waals surface area contributed by atoms with Crippen LogP contribution in [0.3, 0.4) is 0 Å². The Morgan fingerprint density at radius 2 is 1.96 bits per heavy atom. The molecule has 7 heteroatoms. The van der Waals surface area contributed by atoms with Crippen LogP contribution in [-0.4, -0.2) is 34.9 Å². The first-order chi connectivity index (χ1) is 12.9. The predicted molar refractivity (Wildman–Crippen MR) is 105 cm³/mol. The summed E-state index contributed by atoms with van der Waals surface area (Å²) >= 11 is 5.81. The number of piperidine rings is 1. The van der Waals surface area contributed by atoms with Gasteiger partial charge < -0.3 is 5.32 Å². The molecule has 3 rings (SSSR count). The molecule has 2 aromatic carbocycles. The van der Waals surface area contributed by atoms with Crippen LogP contribution in [0.1, 0.15) is 34.3 Å². The lowest BCUT2D eigenvalue weighted by Gasteiger charge is -2.32. The molecular weight excluding hydrogens is 366 g/mol. The van der Waals surface area contributed by atoms with E-state index in [1.807, 2.05) is 12.1 Å². The summed E-state index contributed by atoms with van der Waals surface area (Å²) in [7, 11) is 0. The second kappa shape index (κ2) is 8.50. The maximum absolute atomic E-state index is 12.5. The lowest BCUT2D eigenvalue weighted by atomic mass is 10.0. The number of carbonyl (C=O) groups is 1. The number of rotatable bonds is 5. The summed E-state index contributed by atoms with van der Waals surface area (Å²) in [6, 6.07) is 12.5. The number of hydrogen-bond donors (Lipinski definition) is 1. The number of carbonyl (C=O) groups excluding carboxylic acids is 1. The molecule has 27 heavy (non-hydrogen) atoms. The molecule has 0 atom stereocenters. The number of nitro groups is 1. The highest BCUT2D eigenvalue weighted by Crippen LogP contribution is 2.24. The van der Waals surface area contributed by atoms with Gasteiger partial charge in [-0.05, 0) is 43.0 Å². The molecule has 0 radical (unpaired) electrons. The molecule has 1 aliphatic heterocycles. The summed E-state index contributed by atoms with van der Waals surface area (Å²) in [4.78, 5) is 25.5. The first-order valence-corrected chi connectivity index (χ1v) is 9.33. The number of hydrogen-bond acceptors (Lipinski definition) is 4. The second-order valence-electron chi connectivity index (χ2n) is 6.87. The Balaban J connectivity index is 1.57. The van der Waals surface area contributed by atoms with E-state index in [2.05, 4.69) is 29.3 Å². The minimum absolute atomic E-state index is 0.0147. The number of benzene rings is 2. The largest absolute Gasteiger partial charge is 0.349 e. The Morgan fingerprint density at radius 3 is 2.63 bits per heavy atom. The molecule has 1 aliphatic rings. The van der Waals surface area contributed by atoms with Gasteiger partial charge in [-0.2, -0.15) is 0 Å². The van der Waals surface area contributed by atoms with E-state index < -0.39 is 10.8 Å². The van der Waals surface area contributed by atoms with Gasteiger partial charge in [0, 0.05) is 36.8 Å². The van der Waals surface area contributed by atoms with Gasteiger partial charge in [-0.25, -0.2) is 0 Å². The van der Waals surface area contributed by atoms with Crippen LogP contribution in [-0.2, 0) is 6.54 Å². The predicted octanol–water partition coefficient (Wildman–Crippen LogP) is 3.95. The number of nitro benzene ring substituents is 1. The highest BCUT2D eigenvalue weighted by atomic mass is 35.5. The smallest absolute Gasteiger partial charge is 0.283 e. The van der Waals surface area contributed by atoms with Crippen LogP contribution >= 0.6 is 11.6 Å². The summed E-state index contributed by atoms with van der Waals surface area (Å²) in [6.45, 7) is 4.77. The molecule has 1 saturated heterocycles. The zero-order valence-corrected chi connectivity index (χ0v) is 15.9. The van der Waals surface area contributed by atoms with Crippen molar-refractivity contribution in [3.8, 4) is 0 Å². The minimum atomic E-state index is -0.578. The normalized spacial score (nSPS) is 15.5. The van der Waals surface area contributed by atoms with E-state index in [0.29, 0.717) is 0 Å². The molecule has 0 aromatic heterocycles. The van der Waals surface area contributed by atoms with Gasteiger partial charge in [0.2, 0.25) is 0 Å². The van der Waals surface area contributed by atoms with Gasteiger partial charge in [0.25, 0.3) is 11.6 Å². The Morgan fingerprint density at radius 1 is 1.26 bits per heavy atom. The molecule has 0 bridgehead atoms. The number of nitrogens with one attached hydrogen (secondary N) is 1. The van der Waals surface area contributed by atoms with E-state index in [0.717, 1.165) is 32.5 Å². The van der Waals surface area contributed by atoms with Crippen molar-refractivity contribution in [2.75, 3.05) is 13.1 Å². The third kappa shape index (κ3) is 4.84. The topological polar surface area (TPSA) is 75.5 Å². The number of aryl methyl sites for hydroxylation is 1. The lowest BCUT2D eigenvalue weighted by molar-refractivity contribution is -0.385. The SMILES string of the molecule is Cc1ccccc1CN1CCC(NC(=O)c2ccc(Cl)cc2[N+](=O)[O-])CC1. The molecule has 0 saturated carbocycles. The van der Waals surface area contributed by atoms with Crippen molar-refractivity contribution in [2.45, 2.75) is 32.4 Å². The second-order valence-corrected chi connectivity index (χ2v) is 7.31. The number of halogens is 1. The standard InChI is InChI=1S/C20H22ClN3O3/c1-14-4-2-3-5-15(14)13-23-10-8-17(9-11-23)22-20(25)18-7-6-16(21)12-19(18)24(26)27/h2-7,12,17H,8-11,13H2,1H3,(H,22,25). The Hall–Kier alpha value is -2.44. The fraction of sp³-hybridized carbons (Fsp3) is 0.350. The molecule has 142 valence electrons. The van der Waals surface area contributed by atoms with Crippen molar-refractivity contribution in [3.63, 3.8) is 0 Å². The molecule has 1 N–H and O–H groups in total. The van der Waals surface area contributed by atoms with E-state index in [4.69, 9.17) is 11.6 Å². The Kier molecular flexibility index (Phi) is 6.08. The summed E-state index contributed by atoms with van der Waals surface area (Å²) in [5.74, 6) is -0.421. The molecule has 6 nitrogen and oxygen atoms in total. The Bertz CT molecular complexity index is 848. The lowest BCUT2D eigenvalue weighted by Crippen LogP contribution is -2.44. The molecule has 0 spiro atoms. The molecule has 1 heterocycles. The van der Waals surface area contributed by atoms with E-state index in [1.54, 1.807) is 0 Å². The van der Waals surface area contributed by atoms with Crippen LogP contribution in [0.2, 0.25) is 5.02 Å². The molecule has 0 unspecified atom stereocenters.